The van der Waals surface area contributed by atoms with Gasteiger partial charge in [0.2, 0.25) is 0 Å². The first-order valence-electron chi connectivity index (χ1n) is 6.35. The average molecular weight is 261 g/mol. The highest BCUT2D eigenvalue weighted by atomic mass is 16.5. The van der Waals surface area contributed by atoms with Crippen molar-refractivity contribution < 1.29 is 9.53 Å². The van der Waals surface area contributed by atoms with E-state index in [1.807, 2.05) is 17.0 Å². The molecular weight excluding hydrogens is 242 g/mol. The van der Waals surface area contributed by atoms with Gasteiger partial charge in [-0.25, -0.2) is 0 Å². The quantitative estimate of drug-likeness (QED) is 0.699. The Morgan fingerprint density at radius 3 is 3.00 bits per heavy atom. The number of hydrogen-bond acceptors (Lipinski definition) is 5. The third-order valence-electron chi connectivity index (χ3n) is 2.79. The number of nitriles is 1. The van der Waals surface area contributed by atoms with Crippen molar-refractivity contribution in [2.75, 3.05) is 13.2 Å². The fraction of sp³-hybridized carbons (Fsp3) is 0.500. The summed E-state index contributed by atoms with van der Waals surface area (Å²) in [5, 5.41) is 8.70. The van der Waals surface area contributed by atoms with Gasteiger partial charge in [-0.3, -0.25) is 14.7 Å². The van der Waals surface area contributed by atoms with Crippen LogP contribution in [0.1, 0.15) is 25.8 Å². The van der Waals surface area contributed by atoms with Crippen molar-refractivity contribution in [2.24, 2.45) is 0 Å². The Bertz CT molecular complexity index is 428. The van der Waals surface area contributed by atoms with E-state index < -0.39 is 0 Å². The number of ether oxygens (including phenoxy) is 1. The summed E-state index contributed by atoms with van der Waals surface area (Å²) in [7, 11) is 0. The molecular formula is C14H19N3O2. The first kappa shape index (κ1) is 15.1. The number of aromatic nitrogens is 1. The van der Waals surface area contributed by atoms with Crippen molar-refractivity contribution in [2.45, 2.75) is 32.9 Å². The highest BCUT2D eigenvalue weighted by Crippen LogP contribution is 2.09. The van der Waals surface area contributed by atoms with Gasteiger partial charge in [0.15, 0.2) is 0 Å². The largest absolute Gasteiger partial charge is 0.465 e. The molecule has 102 valence electrons. The van der Waals surface area contributed by atoms with E-state index >= 15 is 0 Å². The average Bonchev–Trinajstić information content (AvgIpc) is 2.44. The van der Waals surface area contributed by atoms with Crippen LogP contribution >= 0.6 is 0 Å². The van der Waals surface area contributed by atoms with E-state index in [0.717, 1.165) is 5.56 Å². The standard InChI is InChI=1S/C14H19N3O2/c1-3-19-14(18)12(2)17(9-5-7-15)11-13-6-4-8-16-10-13/h4,6,8,10,12H,3,5,9,11H2,1-2H3. The number of esters is 1. The molecule has 19 heavy (non-hydrogen) atoms. The van der Waals surface area contributed by atoms with Gasteiger partial charge in [-0.05, 0) is 25.5 Å². The lowest BCUT2D eigenvalue weighted by Gasteiger charge is -2.26. The lowest BCUT2D eigenvalue weighted by atomic mass is 10.2. The third-order valence-corrected chi connectivity index (χ3v) is 2.79. The Morgan fingerprint density at radius 1 is 1.63 bits per heavy atom. The predicted octanol–water partition coefficient (Wildman–Crippen LogP) is 1.75. The monoisotopic (exact) mass is 261 g/mol. The number of rotatable bonds is 7. The fourth-order valence-corrected chi connectivity index (χ4v) is 1.74. The molecule has 1 aromatic rings. The van der Waals surface area contributed by atoms with Crippen LogP contribution in [0.3, 0.4) is 0 Å². The molecule has 1 heterocycles. The minimum absolute atomic E-state index is 0.260. The number of pyridine rings is 1. The van der Waals surface area contributed by atoms with E-state index in [1.165, 1.54) is 0 Å². The van der Waals surface area contributed by atoms with Crippen LogP contribution in [-0.2, 0) is 16.1 Å². The summed E-state index contributed by atoms with van der Waals surface area (Å²) in [6.45, 7) is 5.06. The molecule has 0 N–H and O–H groups in total. The van der Waals surface area contributed by atoms with Crippen molar-refractivity contribution in [3.63, 3.8) is 0 Å². The van der Waals surface area contributed by atoms with Gasteiger partial charge in [0, 0.05) is 31.9 Å². The number of carbonyl (C=O) groups excluding carboxylic acids is 1. The SMILES string of the molecule is CCOC(=O)C(C)N(CCC#N)Cc1cccnc1. The Kier molecular flexibility index (Phi) is 6.55. The molecule has 0 fully saturated rings. The Labute approximate surface area is 113 Å². The molecule has 0 radical (unpaired) electrons. The van der Waals surface area contributed by atoms with Crippen molar-refractivity contribution in [1.29, 1.82) is 5.26 Å². The molecule has 1 rings (SSSR count). The fourth-order valence-electron chi connectivity index (χ4n) is 1.74. The van der Waals surface area contributed by atoms with Gasteiger partial charge in [0.25, 0.3) is 0 Å². The second-order valence-electron chi connectivity index (χ2n) is 4.17. The van der Waals surface area contributed by atoms with E-state index in [4.69, 9.17) is 10.00 Å². The van der Waals surface area contributed by atoms with Gasteiger partial charge in [-0.15, -0.1) is 0 Å². The van der Waals surface area contributed by atoms with Crippen molar-refractivity contribution in [3.05, 3.63) is 30.1 Å². The summed E-state index contributed by atoms with van der Waals surface area (Å²) in [4.78, 5) is 17.8. The number of hydrogen-bond donors (Lipinski definition) is 0. The zero-order chi connectivity index (χ0) is 14.1. The summed E-state index contributed by atoms with van der Waals surface area (Å²) < 4.78 is 5.02. The van der Waals surface area contributed by atoms with Crippen LogP contribution in [0.5, 0.6) is 0 Å². The summed E-state index contributed by atoms with van der Waals surface area (Å²) in [6.07, 6.45) is 3.85. The Balaban J connectivity index is 2.71. The summed E-state index contributed by atoms with van der Waals surface area (Å²) in [6, 6.07) is 5.54. The van der Waals surface area contributed by atoms with Crippen molar-refractivity contribution in [1.82, 2.24) is 9.88 Å². The molecule has 0 amide bonds. The molecule has 0 aromatic carbocycles. The third kappa shape index (κ3) is 5.06. The van der Waals surface area contributed by atoms with Crippen LogP contribution in [-0.4, -0.2) is 35.0 Å². The van der Waals surface area contributed by atoms with Gasteiger partial charge in [-0.1, -0.05) is 6.07 Å². The molecule has 0 aliphatic carbocycles. The molecule has 0 aliphatic heterocycles. The summed E-state index contributed by atoms with van der Waals surface area (Å²) >= 11 is 0. The van der Waals surface area contributed by atoms with Crippen molar-refractivity contribution >= 4 is 5.97 Å². The molecule has 5 nitrogen and oxygen atoms in total. The molecule has 1 aromatic heterocycles. The lowest BCUT2D eigenvalue weighted by Crippen LogP contribution is -2.40. The second-order valence-corrected chi connectivity index (χ2v) is 4.17. The highest BCUT2D eigenvalue weighted by molar-refractivity contribution is 5.75. The van der Waals surface area contributed by atoms with E-state index in [1.54, 1.807) is 26.2 Å². The molecule has 0 saturated carbocycles. The van der Waals surface area contributed by atoms with Crippen molar-refractivity contribution in [3.8, 4) is 6.07 Å². The summed E-state index contributed by atoms with van der Waals surface area (Å²) in [5.41, 5.74) is 1.01. The minimum atomic E-state index is -0.367. The van der Waals surface area contributed by atoms with Crippen LogP contribution in [0, 0.1) is 11.3 Å². The van der Waals surface area contributed by atoms with E-state index in [-0.39, 0.29) is 12.0 Å². The zero-order valence-electron chi connectivity index (χ0n) is 11.4. The van der Waals surface area contributed by atoms with Gasteiger partial charge in [-0.2, -0.15) is 5.26 Å². The van der Waals surface area contributed by atoms with Gasteiger partial charge < -0.3 is 4.74 Å². The van der Waals surface area contributed by atoms with E-state index in [2.05, 4.69) is 11.1 Å². The van der Waals surface area contributed by atoms with Crippen LogP contribution < -0.4 is 0 Å². The molecule has 1 unspecified atom stereocenters. The topological polar surface area (TPSA) is 66.2 Å². The first-order chi connectivity index (χ1) is 9.19. The molecule has 0 saturated heterocycles. The van der Waals surface area contributed by atoms with E-state index in [9.17, 15) is 4.79 Å². The maximum absolute atomic E-state index is 11.8. The zero-order valence-corrected chi connectivity index (χ0v) is 11.4. The van der Waals surface area contributed by atoms with Crippen LogP contribution in [0.4, 0.5) is 0 Å². The first-order valence-corrected chi connectivity index (χ1v) is 6.35. The Hall–Kier alpha value is -1.93. The number of nitrogens with zero attached hydrogens (tertiary/aromatic N) is 3. The maximum atomic E-state index is 11.8. The highest BCUT2D eigenvalue weighted by Gasteiger charge is 2.22. The molecule has 0 aliphatic rings. The molecule has 5 heteroatoms. The summed E-state index contributed by atoms with van der Waals surface area (Å²) in [5.74, 6) is -0.260. The Morgan fingerprint density at radius 2 is 2.42 bits per heavy atom. The van der Waals surface area contributed by atoms with Crippen LogP contribution in [0.2, 0.25) is 0 Å². The number of carbonyl (C=O) groups is 1. The van der Waals surface area contributed by atoms with Gasteiger partial charge in [0.1, 0.15) is 6.04 Å². The van der Waals surface area contributed by atoms with E-state index in [0.29, 0.717) is 26.1 Å². The molecule has 1 atom stereocenters. The predicted molar refractivity (Wildman–Crippen MR) is 71.0 cm³/mol. The minimum Gasteiger partial charge on any atom is -0.465 e. The maximum Gasteiger partial charge on any atom is 0.323 e. The van der Waals surface area contributed by atoms with Crippen LogP contribution in [0.25, 0.3) is 0 Å². The smallest absolute Gasteiger partial charge is 0.323 e. The molecule has 0 bridgehead atoms. The second kappa shape index (κ2) is 8.22. The lowest BCUT2D eigenvalue weighted by molar-refractivity contribution is -0.149. The molecule has 0 spiro atoms. The van der Waals surface area contributed by atoms with Gasteiger partial charge >= 0.3 is 5.97 Å². The van der Waals surface area contributed by atoms with Crippen LogP contribution in [0.15, 0.2) is 24.5 Å². The normalized spacial score (nSPS) is 11.9. The van der Waals surface area contributed by atoms with Gasteiger partial charge in [0.05, 0.1) is 12.7 Å².